The molecule has 0 atom stereocenters. The number of nitrogen functional groups attached to an aromatic ring is 1. The average Bonchev–Trinajstić information content (AvgIpc) is 2.30. The van der Waals surface area contributed by atoms with Gasteiger partial charge in [0.05, 0.1) is 18.3 Å². The highest BCUT2D eigenvalue weighted by atomic mass is 19.4. The fraction of sp³-hybridized carbons (Fsp3) is 0.500. The Morgan fingerprint density at radius 2 is 2.05 bits per heavy atom. The van der Waals surface area contributed by atoms with Gasteiger partial charge in [-0.2, -0.15) is 13.2 Å². The number of rotatable bonds is 6. The van der Waals surface area contributed by atoms with E-state index in [9.17, 15) is 18.0 Å². The number of amides is 1. The third-order valence-corrected chi connectivity index (χ3v) is 2.40. The molecule has 1 rings (SSSR count). The lowest BCUT2D eigenvalue weighted by molar-refractivity contribution is -0.135. The number of anilines is 1. The average molecular weight is 275 g/mol. The summed E-state index contributed by atoms with van der Waals surface area (Å²) in [6, 6.07) is 3.28. The van der Waals surface area contributed by atoms with Gasteiger partial charge in [-0.15, -0.1) is 0 Å². The van der Waals surface area contributed by atoms with Crippen LogP contribution in [0.25, 0.3) is 0 Å². The second kappa shape index (κ2) is 6.96. The molecule has 0 spiro atoms. The molecular weight excluding hydrogens is 259 g/mol. The molecule has 19 heavy (non-hydrogen) atoms. The third kappa shape index (κ3) is 7.28. The molecule has 0 radical (unpaired) electrons. The van der Waals surface area contributed by atoms with E-state index in [1.54, 1.807) is 12.1 Å². The summed E-state index contributed by atoms with van der Waals surface area (Å²) in [6.07, 6.45) is -3.07. The molecule has 7 heteroatoms. The first-order chi connectivity index (χ1) is 8.87. The first-order valence-electron chi connectivity index (χ1n) is 5.91. The summed E-state index contributed by atoms with van der Waals surface area (Å²) in [5.74, 6) is -0.260. The van der Waals surface area contributed by atoms with Crippen molar-refractivity contribution in [3.05, 3.63) is 24.0 Å². The minimum atomic E-state index is -4.13. The third-order valence-electron chi connectivity index (χ3n) is 2.40. The SMILES string of the molecule is Nc1ccc(CC(=O)NCCCCC(F)(F)F)nc1. The highest BCUT2D eigenvalue weighted by molar-refractivity contribution is 5.78. The molecular formula is C12H16F3N3O. The Hall–Kier alpha value is -1.79. The fourth-order valence-electron chi connectivity index (χ4n) is 1.45. The van der Waals surface area contributed by atoms with Crippen molar-refractivity contribution in [2.45, 2.75) is 31.9 Å². The van der Waals surface area contributed by atoms with Crippen LogP contribution in [0.3, 0.4) is 0 Å². The number of hydrogen-bond acceptors (Lipinski definition) is 3. The van der Waals surface area contributed by atoms with Gasteiger partial charge in [-0.05, 0) is 25.0 Å². The van der Waals surface area contributed by atoms with Crippen molar-refractivity contribution in [1.82, 2.24) is 10.3 Å². The normalized spacial score (nSPS) is 11.3. The summed E-state index contributed by atoms with van der Waals surface area (Å²) in [5.41, 5.74) is 6.53. The fourth-order valence-corrected chi connectivity index (χ4v) is 1.45. The predicted molar refractivity (Wildman–Crippen MR) is 65.3 cm³/mol. The molecule has 3 N–H and O–H groups in total. The van der Waals surface area contributed by atoms with Crippen molar-refractivity contribution >= 4 is 11.6 Å². The highest BCUT2D eigenvalue weighted by Gasteiger charge is 2.25. The Kier molecular flexibility index (Phi) is 5.59. The van der Waals surface area contributed by atoms with Crippen molar-refractivity contribution in [1.29, 1.82) is 0 Å². The number of nitrogens with two attached hydrogens (primary N) is 1. The largest absolute Gasteiger partial charge is 0.397 e. The molecule has 1 aromatic rings. The number of pyridine rings is 1. The van der Waals surface area contributed by atoms with Crippen molar-refractivity contribution < 1.29 is 18.0 Å². The molecule has 0 aliphatic carbocycles. The van der Waals surface area contributed by atoms with Gasteiger partial charge < -0.3 is 11.1 Å². The molecule has 0 bridgehead atoms. The Morgan fingerprint density at radius 1 is 1.32 bits per heavy atom. The van der Waals surface area contributed by atoms with Crippen molar-refractivity contribution in [2.24, 2.45) is 0 Å². The summed E-state index contributed by atoms with van der Waals surface area (Å²) in [7, 11) is 0. The van der Waals surface area contributed by atoms with Crippen LogP contribution in [0, 0.1) is 0 Å². The van der Waals surface area contributed by atoms with Crippen LogP contribution < -0.4 is 11.1 Å². The predicted octanol–water partition coefficient (Wildman–Crippen LogP) is 2.06. The molecule has 0 fully saturated rings. The monoisotopic (exact) mass is 275 g/mol. The zero-order chi connectivity index (χ0) is 14.3. The van der Waals surface area contributed by atoms with Gasteiger partial charge in [0.1, 0.15) is 0 Å². The van der Waals surface area contributed by atoms with Crippen LogP contribution in [0.1, 0.15) is 25.0 Å². The van der Waals surface area contributed by atoms with E-state index in [0.717, 1.165) is 0 Å². The molecule has 0 aliphatic rings. The first kappa shape index (κ1) is 15.3. The van der Waals surface area contributed by atoms with E-state index in [0.29, 0.717) is 17.8 Å². The number of alkyl halides is 3. The van der Waals surface area contributed by atoms with Crippen molar-refractivity contribution in [3.8, 4) is 0 Å². The van der Waals surface area contributed by atoms with E-state index in [4.69, 9.17) is 5.73 Å². The van der Waals surface area contributed by atoms with E-state index in [-0.39, 0.29) is 25.3 Å². The van der Waals surface area contributed by atoms with E-state index in [1.807, 2.05) is 0 Å². The van der Waals surface area contributed by atoms with Crippen LogP contribution in [-0.4, -0.2) is 23.6 Å². The number of aromatic nitrogens is 1. The molecule has 0 aromatic carbocycles. The smallest absolute Gasteiger partial charge is 0.389 e. The van der Waals surface area contributed by atoms with Crippen molar-refractivity contribution in [3.63, 3.8) is 0 Å². The number of carbonyl (C=O) groups excluding carboxylic acids is 1. The van der Waals surface area contributed by atoms with Gasteiger partial charge >= 0.3 is 6.18 Å². The Bertz CT molecular complexity index is 404. The van der Waals surface area contributed by atoms with Crippen molar-refractivity contribution in [2.75, 3.05) is 12.3 Å². The molecule has 4 nitrogen and oxygen atoms in total. The van der Waals surface area contributed by atoms with Gasteiger partial charge in [-0.3, -0.25) is 9.78 Å². The number of halogens is 3. The van der Waals surface area contributed by atoms with Crippen LogP contribution in [0.2, 0.25) is 0 Å². The molecule has 1 aromatic heterocycles. The van der Waals surface area contributed by atoms with Crippen LogP contribution >= 0.6 is 0 Å². The number of nitrogens with zero attached hydrogens (tertiary/aromatic N) is 1. The summed E-state index contributed by atoms with van der Waals surface area (Å²) >= 11 is 0. The van der Waals surface area contributed by atoms with E-state index in [1.165, 1.54) is 6.20 Å². The molecule has 0 unspecified atom stereocenters. The number of unbranched alkanes of at least 4 members (excludes halogenated alkanes) is 1. The van der Waals surface area contributed by atoms with Crippen LogP contribution in [0.5, 0.6) is 0 Å². The zero-order valence-electron chi connectivity index (χ0n) is 10.3. The van der Waals surface area contributed by atoms with Gasteiger partial charge in [0.15, 0.2) is 0 Å². The standard InChI is InChI=1S/C12H16F3N3O/c13-12(14,15)5-1-2-6-17-11(19)7-10-4-3-9(16)8-18-10/h3-4,8H,1-2,5-7,16H2,(H,17,19). The van der Waals surface area contributed by atoms with Crippen LogP contribution in [-0.2, 0) is 11.2 Å². The number of nitrogens with one attached hydrogen (secondary N) is 1. The number of hydrogen-bond donors (Lipinski definition) is 2. The van der Waals surface area contributed by atoms with Gasteiger partial charge in [-0.1, -0.05) is 0 Å². The Labute approximate surface area is 109 Å². The molecule has 0 saturated heterocycles. The van der Waals surface area contributed by atoms with Gasteiger partial charge in [0.25, 0.3) is 0 Å². The maximum atomic E-state index is 11.9. The number of carbonyl (C=O) groups is 1. The maximum Gasteiger partial charge on any atom is 0.389 e. The first-order valence-corrected chi connectivity index (χ1v) is 5.91. The quantitative estimate of drug-likeness (QED) is 0.781. The Morgan fingerprint density at radius 3 is 2.63 bits per heavy atom. The molecule has 0 saturated carbocycles. The maximum absolute atomic E-state index is 11.9. The summed E-state index contributed by atoms with van der Waals surface area (Å²) < 4.78 is 35.6. The Balaban J connectivity index is 2.16. The van der Waals surface area contributed by atoms with Crippen LogP contribution in [0.15, 0.2) is 18.3 Å². The topological polar surface area (TPSA) is 68.0 Å². The zero-order valence-corrected chi connectivity index (χ0v) is 10.3. The van der Waals surface area contributed by atoms with E-state index < -0.39 is 12.6 Å². The van der Waals surface area contributed by atoms with E-state index in [2.05, 4.69) is 10.3 Å². The minimum Gasteiger partial charge on any atom is -0.397 e. The highest BCUT2D eigenvalue weighted by Crippen LogP contribution is 2.21. The second-order valence-electron chi connectivity index (χ2n) is 4.18. The lowest BCUT2D eigenvalue weighted by atomic mass is 10.2. The van der Waals surface area contributed by atoms with Crippen LogP contribution in [0.4, 0.5) is 18.9 Å². The molecule has 1 heterocycles. The summed E-state index contributed by atoms with van der Waals surface area (Å²) in [4.78, 5) is 15.4. The lowest BCUT2D eigenvalue weighted by Gasteiger charge is -2.07. The second-order valence-corrected chi connectivity index (χ2v) is 4.18. The van der Waals surface area contributed by atoms with Gasteiger partial charge in [-0.25, -0.2) is 0 Å². The minimum absolute atomic E-state index is 0.0178. The summed E-state index contributed by atoms with van der Waals surface area (Å²) in [5, 5.41) is 2.55. The lowest BCUT2D eigenvalue weighted by Crippen LogP contribution is -2.26. The van der Waals surface area contributed by atoms with Gasteiger partial charge in [0, 0.05) is 18.7 Å². The van der Waals surface area contributed by atoms with E-state index >= 15 is 0 Å². The molecule has 106 valence electrons. The molecule has 1 amide bonds. The van der Waals surface area contributed by atoms with Gasteiger partial charge in [0.2, 0.25) is 5.91 Å². The molecule has 0 aliphatic heterocycles. The summed E-state index contributed by atoms with van der Waals surface area (Å²) in [6.45, 7) is 0.240.